The van der Waals surface area contributed by atoms with Gasteiger partial charge in [0.15, 0.2) is 0 Å². The van der Waals surface area contributed by atoms with Crippen molar-refractivity contribution in [2.75, 3.05) is 11.9 Å². The predicted octanol–water partition coefficient (Wildman–Crippen LogP) is 2.80. The molecule has 2 aromatic heterocycles. The zero-order valence-corrected chi connectivity index (χ0v) is 11.5. The number of aromatic nitrogens is 2. The molecule has 0 aliphatic heterocycles. The summed E-state index contributed by atoms with van der Waals surface area (Å²) in [6.07, 6.45) is 5.70. The number of anilines is 1. The van der Waals surface area contributed by atoms with Crippen molar-refractivity contribution in [3.8, 4) is 0 Å². The standard InChI is InChI=1S/C12H11BrN4O2/c13-10-4-8-16-12(11(10)17(18)19)15-7-3-9-1-5-14-6-2-9/h1-2,4-6,8H,3,7H2,(H,15,16). The molecule has 0 aromatic carbocycles. The van der Waals surface area contributed by atoms with Gasteiger partial charge in [0.05, 0.1) is 4.92 Å². The van der Waals surface area contributed by atoms with Crippen LogP contribution < -0.4 is 5.32 Å². The summed E-state index contributed by atoms with van der Waals surface area (Å²) in [5.74, 6) is 0.272. The van der Waals surface area contributed by atoms with Crippen molar-refractivity contribution in [3.05, 3.63) is 56.9 Å². The average molecular weight is 323 g/mol. The Morgan fingerprint density at radius 1 is 1.26 bits per heavy atom. The van der Waals surface area contributed by atoms with Crippen LogP contribution in [0.3, 0.4) is 0 Å². The van der Waals surface area contributed by atoms with Crippen molar-refractivity contribution < 1.29 is 4.92 Å². The molecule has 2 aromatic rings. The Morgan fingerprint density at radius 2 is 2.00 bits per heavy atom. The van der Waals surface area contributed by atoms with Crippen molar-refractivity contribution in [2.24, 2.45) is 0 Å². The number of hydrogen-bond acceptors (Lipinski definition) is 5. The lowest BCUT2D eigenvalue weighted by molar-refractivity contribution is -0.385. The molecule has 0 spiro atoms. The van der Waals surface area contributed by atoms with Gasteiger partial charge in [-0.1, -0.05) is 0 Å². The van der Waals surface area contributed by atoms with E-state index in [1.807, 2.05) is 12.1 Å². The lowest BCUT2D eigenvalue weighted by Gasteiger charge is -2.06. The second-order valence-corrected chi connectivity index (χ2v) is 4.63. The molecule has 1 N–H and O–H groups in total. The topological polar surface area (TPSA) is 81.0 Å². The van der Waals surface area contributed by atoms with E-state index in [9.17, 15) is 10.1 Å². The molecule has 7 heteroatoms. The van der Waals surface area contributed by atoms with Crippen LogP contribution in [0.15, 0.2) is 41.3 Å². The van der Waals surface area contributed by atoms with Gasteiger partial charge in [-0.15, -0.1) is 0 Å². The van der Waals surface area contributed by atoms with Crippen LogP contribution in [0.1, 0.15) is 5.56 Å². The minimum absolute atomic E-state index is 0.0442. The first-order valence-corrected chi connectivity index (χ1v) is 6.39. The van der Waals surface area contributed by atoms with E-state index in [0.717, 1.165) is 12.0 Å². The second-order valence-electron chi connectivity index (χ2n) is 3.78. The third kappa shape index (κ3) is 3.47. The fraction of sp³-hybridized carbons (Fsp3) is 0.167. The fourth-order valence-corrected chi connectivity index (χ4v) is 2.06. The van der Waals surface area contributed by atoms with E-state index in [4.69, 9.17) is 0 Å². The van der Waals surface area contributed by atoms with E-state index >= 15 is 0 Å². The zero-order valence-electron chi connectivity index (χ0n) is 9.91. The van der Waals surface area contributed by atoms with E-state index in [0.29, 0.717) is 11.0 Å². The van der Waals surface area contributed by atoms with E-state index < -0.39 is 4.92 Å². The van der Waals surface area contributed by atoms with Crippen molar-refractivity contribution in [1.29, 1.82) is 0 Å². The highest BCUT2D eigenvalue weighted by Crippen LogP contribution is 2.30. The van der Waals surface area contributed by atoms with Gasteiger partial charge in [-0.25, -0.2) is 4.98 Å². The molecule has 0 amide bonds. The summed E-state index contributed by atoms with van der Waals surface area (Å²) in [5.41, 5.74) is 1.07. The molecule has 2 heterocycles. The van der Waals surface area contributed by atoms with Crippen LogP contribution in [-0.2, 0) is 6.42 Å². The van der Waals surface area contributed by atoms with E-state index in [2.05, 4.69) is 31.2 Å². The zero-order chi connectivity index (χ0) is 13.7. The molecule has 2 rings (SSSR count). The molecule has 0 aliphatic carbocycles. The largest absolute Gasteiger partial charge is 0.364 e. The number of nitro groups is 1. The third-order valence-corrected chi connectivity index (χ3v) is 3.15. The molecular formula is C12H11BrN4O2. The highest BCUT2D eigenvalue weighted by molar-refractivity contribution is 9.10. The maximum Gasteiger partial charge on any atom is 0.325 e. The van der Waals surface area contributed by atoms with Crippen LogP contribution in [0.2, 0.25) is 0 Å². The van der Waals surface area contributed by atoms with Gasteiger partial charge in [-0.3, -0.25) is 15.1 Å². The molecule has 19 heavy (non-hydrogen) atoms. The number of nitrogens with one attached hydrogen (secondary N) is 1. The molecule has 6 nitrogen and oxygen atoms in total. The number of halogens is 1. The maximum absolute atomic E-state index is 11.0. The van der Waals surface area contributed by atoms with Gasteiger partial charge in [0.2, 0.25) is 5.82 Å². The summed E-state index contributed by atoms with van der Waals surface area (Å²) in [4.78, 5) is 18.4. The molecule has 0 radical (unpaired) electrons. The predicted molar refractivity (Wildman–Crippen MR) is 75.0 cm³/mol. The van der Waals surface area contributed by atoms with Gasteiger partial charge in [0.25, 0.3) is 0 Å². The third-order valence-electron chi connectivity index (χ3n) is 2.51. The normalized spacial score (nSPS) is 10.2. The van der Waals surface area contributed by atoms with E-state index in [-0.39, 0.29) is 11.5 Å². The Kier molecular flexibility index (Phi) is 4.40. The Hall–Kier alpha value is -2.02. The summed E-state index contributed by atoms with van der Waals surface area (Å²) in [7, 11) is 0. The van der Waals surface area contributed by atoms with Gasteiger partial charge >= 0.3 is 5.69 Å². The summed E-state index contributed by atoms with van der Waals surface area (Å²) in [6, 6.07) is 5.36. The Bertz CT molecular complexity index is 577. The smallest absolute Gasteiger partial charge is 0.325 e. The first kappa shape index (κ1) is 13.4. The van der Waals surface area contributed by atoms with Gasteiger partial charge in [0.1, 0.15) is 4.47 Å². The van der Waals surface area contributed by atoms with Crippen LogP contribution in [-0.4, -0.2) is 21.4 Å². The Morgan fingerprint density at radius 3 is 2.68 bits per heavy atom. The van der Waals surface area contributed by atoms with Crippen molar-refractivity contribution >= 4 is 27.4 Å². The molecule has 0 saturated carbocycles. The molecule has 0 bridgehead atoms. The van der Waals surface area contributed by atoms with Crippen LogP contribution in [0.5, 0.6) is 0 Å². The van der Waals surface area contributed by atoms with Crippen LogP contribution in [0.4, 0.5) is 11.5 Å². The summed E-state index contributed by atoms with van der Waals surface area (Å²) in [5, 5.41) is 13.9. The van der Waals surface area contributed by atoms with E-state index in [1.165, 1.54) is 6.20 Å². The summed E-state index contributed by atoms with van der Waals surface area (Å²) >= 11 is 3.15. The molecule has 0 fully saturated rings. The van der Waals surface area contributed by atoms with Gasteiger partial charge < -0.3 is 5.32 Å². The fourth-order valence-electron chi connectivity index (χ4n) is 1.61. The first-order valence-electron chi connectivity index (χ1n) is 5.60. The molecule has 0 saturated heterocycles. The molecule has 0 aliphatic rings. The molecule has 0 atom stereocenters. The first-order chi connectivity index (χ1) is 9.18. The van der Waals surface area contributed by atoms with E-state index in [1.54, 1.807) is 18.5 Å². The minimum atomic E-state index is -0.453. The van der Waals surface area contributed by atoms with Crippen LogP contribution in [0, 0.1) is 10.1 Å². The monoisotopic (exact) mass is 322 g/mol. The maximum atomic E-state index is 11.0. The summed E-state index contributed by atoms with van der Waals surface area (Å²) < 4.78 is 0.416. The second kappa shape index (κ2) is 6.24. The summed E-state index contributed by atoms with van der Waals surface area (Å²) in [6.45, 7) is 0.564. The average Bonchev–Trinajstić information content (AvgIpc) is 2.39. The van der Waals surface area contributed by atoms with Crippen LogP contribution in [0.25, 0.3) is 0 Å². The van der Waals surface area contributed by atoms with Gasteiger partial charge in [0, 0.05) is 25.1 Å². The van der Waals surface area contributed by atoms with Crippen molar-refractivity contribution in [3.63, 3.8) is 0 Å². The van der Waals surface area contributed by atoms with Crippen molar-refractivity contribution in [2.45, 2.75) is 6.42 Å². The SMILES string of the molecule is O=[N+]([O-])c1c(Br)ccnc1NCCc1ccncc1. The van der Waals surface area contributed by atoms with Gasteiger partial charge in [-0.05, 0) is 46.1 Å². The quantitative estimate of drug-likeness (QED) is 0.676. The lowest BCUT2D eigenvalue weighted by atomic mass is 10.2. The number of nitrogens with zero attached hydrogens (tertiary/aromatic N) is 3. The Labute approximate surface area is 118 Å². The molecule has 98 valence electrons. The molecular weight excluding hydrogens is 312 g/mol. The molecule has 0 unspecified atom stereocenters. The van der Waals surface area contributed by atoms with Gasteiger partial charge in [-0.2, -0.15) is 0 Å². The number of hydrogen-bond donors (Lipinski definition) is 1. The number of pyridine rings is 2. The minimum Gasteiger partial charge on any atom is -0.364 e. The van der Waals surface area contributed by atoms with Crippen LogP contribution >= 0.6 is 15.9 Å². The van der Waals surface area contributed by atoms with Crippen molar-refractivity contribution in [1.82, 2.24) is 9.97 Å². The highest BCUT2D eigenvalue weighted by atomic mass is 79.9. The Balaban J connectivity index is 2.04. The number of rotatable bonds is 5. The highest BCUT2D eigenvalue weighted by Gasteiger charge is 2.18. The lowest BCUT2D eigenvalue weighted by Crippen LogP contribution is -2.08.